The topological polar surface area (TPSA) is 114 Å². The molecule has 0 unspecified atom stereocenters. The second-order valence-electron chi connectivity index (χ2n) is 7.66. The average molecular weight is 404 g/mol. The van der Waals surface area contributed by atoms with Crippen molar-refractivity contribution < 1.29 is 19.2 Å². The van der Waals surface area contributed by atoms with Gasteiger partial charge in [-0.15, -0.1) is 0 Å². The molecule has 1 aromatic carbocycles. The van der Waals surface area contributed by atoms with Crippen molar-refractivity contribution in [3.05, 3.63) is 33.9 Å². The maximum atomic E-state index is 12.9. The molecule has 1 saturated carbocycles. The number of piperidine rings is 1. The Hall–Kier alpha value is -2.84. The number of rotatable bonds is 5. The van der Waals surface area contributed by atoms with E-state index in [0.29, 0.717) is 31.7 Å². The Morgan fingerprint density at radius 3 is 2.28 bits per heavy atom. The molecule has 2 N–H and O–H groups in total. The third kappa shape index (κ3) is 5.36. The van der Waals surface area contributed by atoms with Gasteiger partial charge in [-0.25, -0.2) is 4.79 Å². The highest BCUT2D eigenvalue weighted by Crippen LogP contribution is 2.26. The molecule has 3 rings (SSSR count). The van der Waals surface area contributed by atoms with Crippen molar-refractivity contribution >= 4 is 17.6 Å². The molecule has 0 aromatic heterocycles. The van der Waals surface area contributed by atoms with Crippen LogP contribution in [0.3, 0.4) is 0 Å². The summed E-state index contributed by atoms with van der Waals surface area (Å²) in [4.78, 5) is 37.4. The zero-order valence-electron chi connectivity index (χ0n) is 16.7. The Labute approximate surface area is 169 Å². The molecule has 1 heterocycles. The lowest BCUT2D eigenvalue weighted by Crippen LogP contribution is -2.51. The minimum atomic E-state index is -0.559. The number of urea groups is 1. The number of benzene rings is 1. The standard InChI is InChI=1S/C20H28N4O5/c1-29-16-7-8-18(24(27)28)17(13-16)19(25)23-11-9-15(10-12-23)22-20(26)21-14-5-3-2-4-6-14/h7-8,13-15H,2-6,9-12H2,1H3,(H2,21,22,26). The molecular weight excluding hydrogens is 376 g/mol. The number of carbonyl (C=O) groups excluding carboxylic acids is 2. The maximum absolute atomic E-state index is 12.9. The smallest absolute Gasteiger partial charge is 0.315 e. The highest BCUT2D eigenvalue weighted by atomic mass is 16.6. The molecular formula is C20H28N4O5. The summed E-state index contributed by atoms with van der Waals surface area (Å²) < 4.78 is 5.10. The van der Waals surface area contributed by atoms with E-state index in [9.17, 15) is 19.7 Å². The van der Waals surface area contributed by atoms with Gasteiger partial charge < -0.3 is 20.3 Å². The Morgan fingerprint density at radius 1 is 1.07 bits per heavy atom. The first-order chi connectivity index (χ1) is 14.0. The molecule has 1 aromatic rings. The number of likely N-dealkylation sites (tertiary alicyclic amines) is 1. The second-order valence-corrected chi connectivity index (χ2v) is 7.66. The monoisotopic (exact) mass is 404 g/mol. The Kier molecular flexibility index (Phi) is 6.90. The number of nitro benzene ring substituents is 1. The molecule has 158 valence electrons. The number of nitro groups is 1. The number of hydrogen-bond acceptors (Lipinski definition) is 5. The van der Waals surface area contributed by atoms with Gasteiger partial charge in [-0.1, -0.05) is 19.3 Å². The van der Waals surface area contributed by atoms with E-state index in [4.69, 9.17) is 4.74 Å². The largest absolute Gasteiger partial charge is 0.497 e. The van der Waals surface area contributed by atoms with Gasteiger partial charge in [-0.2, -0.15) is 0 Å². The molecule has 9 heteroatoms. The number of hydrogen-bond donors (Lipinski definition) is 2. The summed E-state index contributed by atoms with van der Waals surface area (Å²) in [5, 5.41) is 17.3. The fraction of sp³-hybridized carbons (Fsp3) is 0.600. The van der Waals surface area contributed by atoms with Gasteiger partial charge in [0, 0.05) is 31.2 Å². The summed E-state index contributed by atoms with van der Waals surface area (Å²) in [6.45, 7) is 0.864. The number of methoxy groups -OCH3 is 1. The van der Waals surface area contributed by atoms with Crippen LogP contribution in [0.2, 0.25) is 0 Å². The van der Waals surface area contributed by atoms with Crippen LogP contribution in [-0.4, -0.2) is 54.0 Å². The number of nitrogens with one attached hydrogen (secondary N) is 2. The number of carbonyl (C=O) groups is 2. The van der Waals surface area contributed by atoms with Crippen LogP contribution in [0.1, 0.15) is 55.3 Å². The maximum Gasteiger partial charge on any atom is 0.315 e. The SMILES string of the molecule is COc1ccc([N+](=O)[O-])c(C(=O)N2CCC(NC(=O)NC3CCCCC3)CC2)c1. The minimum absolute atomic E-state index is 0.0112. The van der Waals surface area contributed by atoms with Gasteiger partial charge >= 0.3 is 6.03 Å². The molecule has 2 aliphatic rings. The molecule has 0 radical (unpaired) electrons. The highest BCUT2D eigenvalue weighted by Gasteiger charge is 2.29. The van der Waals surface area contributed by atoms with Gasteiger partial charge in [0.1, 0.15) is 11.3 Å². The van der Waals surface area contributed by atoms with Crippen molar-refractivity contribution in [3.8, 4) is 5.75 Å². The third-order valence-corrected chi connectivity index (χ3v) is 5.69. The Balaban J connectivity index is 1.54. The molecule has 2 fully saturated rings. The molecule has 0 bridgehead atoms. The van der Waals surface area contributed by atoms with Gasteiger partial charge in [0.25, 0.3) is 11.6 Å². The van der Waals surface area contributed by atoms with E-state index in [1.54, 1.807) is 4.90 Å². The zero-order valence-corrected chi connectivity index (χ0v) is 16.7. The summed E-state index contributed by atoms with van der Waals surface area (Å²) >= 11 is 0. The molecule has 29 heavy (non-hydrogen) atoms. The number of ether oxygens (including phenoxy) is 1. The van der Waals surface area contributed by atoms with Crippen molar-refractivity contribution in [2.24, 2.45) is 0 Å². The summed E-state index contributed by atoms with van der Waals surface area (Å²) in [6.07, 6.45) is 6.82. The van der Waals surface area contributed by atoms with E-state index >= 15 is 0 Å². The lowest BCUT2D eigenvalue weighted by atomic mass is 9.96. The third-order valence-electron chi connectivity index (χ3n) is 5.69. The lowest BCUT2D eigenvalue weighted by molar-refractivity contribution is -0.385. The van der Waals surface area contributed by atoms with E-state index in [-0.39, 0.29) is 35.3 Å². The van der Waals surface area contributed by atoms with Crippen LogP contribution in [0.5, 0.6) is 5.75 Å². The van der Waals surface area contributed by atoms with Crippen molar-refractivity contribution in [3.63, 3.8) is 0 Å². The molecule has 3 amide bonds. The molecule has 1 aliphatic carbocycles. The van der Waals surface area contributed by atoms with Crippen molar-refractivity contribution in [2.75, 3.05) is 20.2 Å². The van der Waals surface area contributed by atoms with Gasteiger partial charge in [0.05, 0.1) is 12.0 Å². The molecule has 0 spiro atoms. The van der Waals surface area contributed by atoms with E-state index < -0.39 is 4.92 Å². The molecule has 0 atom stereocenters. The Morgan fingerprint density at radius 2 is 1.69 bits per heavy atom. The molecule has 9 nitrogen and oxygen atoms in total. The second kappa shape index (κ2) is 9.58. The van der Waals surface area contributed by atoms with Crippen molar-refractivity contribution in [1.29, 1.82) is 0 Å². The van der Waals surface area contributed by atoms with Gasteiger partial charge in [0.15, 0.2) is 0 Å². The molecule has 1 aliphatic heterocycles. The van der Waals surface area contributed by atoms with Crippen molar-refractivity contribution in [2.45, 2.75) is 57.0 Å². The predicted molar refractivity (Wildman–Crippen MR) is 107 cm³/mol. The van der Waals surface area contributed by atoms with Crippen LogP contribution >= 0.6 is 0 Å². The first-order valence-electron chi connectivity index (χ1n) is 10.2. The zero-order chi connectivity index (χ0) is 20.8. The lowest BCUT2D eigenvalue weighted by Gasteiger charge is -2.33. The van der Waals surface area contributed by atoms with Gasteiger partial charge in [-0.3, -0.25) is 14.9 Å². The summed E-state index contributed by atoms with van der Waals surface area (Å²) in [5.74, 6) is 0.00981. The minimum Gasteiger partial charge on any atom is -0.497 e. The van der Waals surface area contributed by atoms with Gasteiger partial charge in [-0.05, 0) is 37.8 Å². The van der Waals surface area contributed by atoms with Crippen LogP contribution < -0.4 is 15.4 Å². The fourth-order valence-electron chi connectivity index (χ4n) is 4.03. The normalized spacial score (nSPS) is 18.2. The Bertz CT molecular complexity index is 755. The highest BCUT2D eigenvalue weighted by molar-refractivity contribution is 5.98. The van der Waals surface area contributed by atoms with Crippen LogP contribution in [-0.2, 0) is 0 Å². The van der Waals surface area contributed by atoms with Crippen LogP contribution in [0.4, 0.5) is 10.5 Å². The number of amides is 3. The fourth-order valence-corrected chi connectivity index (χ4v) is 4.03. The summed E-state index contributed by atoms with van der Waals surface area (Å²) in [7, 11) is 1.45. The van der Waals surface area contributed by atoms with Crippen LogP contribution in [0, 0.1) is 10.1 Å². The van der Waals surface area contributed by atoms with Crippen LogP contribution in [0.25, 0.3) is 0 Å². The first kappa shape index (κ1) is 20.9. The number of nitrogens with zero attached hydrogens (tertiary/aromatic N) is 2. The van der Waals surface area contributed by atoms with E-state index in [2.05, 4.69) is 10.6 Å². The van der Waals surface area contributed by atoms with E-state index in [1.807, 2.05) is 0 Å². The summed E-state index contributed by atoms with van der Waals surface area (Å²) in [6, 6.07) is 4.25. The average Bonchev–Trinajstić information content (AvgIpc) is 2.74. The van der Waals surface area contributed by atoms with Crippen molar-refractivity contribution in [1.82, 2.24) is 15.5 Å². The molecule has 1 saturated heterocycles. The van der Waals surface area contributed by atoms with Gasteiger partial charge in [0.2, 0.25) is 0 Å². The van der Waals surface area contributed by atoms with E-state index in [1.165, 1.54) is 31.7 Å². The first-order valence-corrected chi connectivity index (χ1v) is 10.2. The van der Waals surface area contributed by atoms with Crippen LogP contribution in [0.15, 0.2) is 18.2 Å². The van der Waals surface area contributed by atoms with E-state index in [0.717, 1.165) is 25.7 Å². The predicted octanol–water partition coefficient (Wildman–Crippen LogP) is 2.84. The summed E-state index contributed by atoms with van der Waals surface area (Å²) in [5.41, 5.74) is -0.210. The quantitative estimate of drug-likeness (QED) is 0.579.